The lowest BCUT2D eigenvalue weighted by Crippen LogP contribution is -2.22. The topological polar surface area (TPSA) is 125 Å². The number of alkyl halides is 3. The number of aromatic carboxylic acids is 1. The van der Waals surface area contributed by atoms with Gasteiger partial charge in [-0.1, -0.05) is 18.2 Å². The van der Waals surface area contributed by atoms with Gasteiger partial charge >= 0.3 is 18.1 Å². The first-order valence-corrected chi connectivity index (χ1v) is 11.9. The Labute approximate surface area is 223 Å². The number of nitrogens with one attached hydrogen (secondary N) is 1. The van der Waals surface area contributed by atoms with Crippen molar-refractivity contribution in [3.63, 3.8) is 0 Å². The number of aromatic nitrogens is 2. The molecule has 1 heterocycles. The van der Waals surface area contributed by atoms with Gasteiger partial charge in [0.2, 0.25) is 0 Å². The van der Waals surface area contributed by atoms with E-state index in [1.165, 1.54) is 11.6 Å². The van der Waals surface area contributed by atoms with Crippen LogP contribution in [-0.4, -0.2) is 57.6 Å². The SMILES string of the molecule is Cc1ccccc1C(=O)Nc1ccc(N(C)CCCc2c(C)nn(C)c2C)c(C(=O)O)c1.O=C(O)C(F)(F)F. The molecule has 12 heteroatoms. The third kappa shape index (κ3) is 8.32. The van der Waals surface area contributed by atoms with Crippen molar-refractivity contribution >= 4 is 29.2 Å². The van der Waals surface area contributed by atoms with Crippen LogP contribution in [0.5, 0.6) is 0 Å². The number of aliphatic carboxylic acids is 1. The molecule has 0 radical (unpaired) electrons. The Morgan fingerprint density at radius 2 is 1.64 bits per heavy atom. The number of anilines is 2. The Morgan fingerprint density at radius 3 is 2.15 bits per heavy atom. The first-order valence-electron chi connectivity index (χ1n) is 11.9. The van der Waals surface area contributed by atoms with Gasteiger partial charge < -0.3 is 20.4 Å². The predicted molar refractivity (Wildman–Crippen MR) is 140 cm³/mol. The maximum absolute atomic E-state index is 12.6. The van der Waals surface area contributed by atoms with E-state index >= 15 is 0 Å². The fraction of sp³-hybridized carbons (Fsp3) is 0.333. The largest absolute Gasteiger partial charge is 0.490 e. The summed E-state index contributed by atoms with van der Waals surface area (Å²) in [7, 11) is 3.83. The van der Waals surface area contributed by atoms with Crippen molar-refractivity contribution in [1.29, 1.82) is 0 Å². The van der Waals surface area contributed by atoms with Crippen molar-refractivity contribution in [3.05, 3.63) is 76.1 Å². The highest BCUT2D eigenvalue weighted by Crippen LogP contribution is 2.25. The molecule has 0 bridgehead atoms. The van der Waals surface area contributed by atoms with Crippen LogP contribution < -0.4 is 10.2 Å². The normalized spacial score (nSPS) is 10.9. The van der Waals surface area contributed by atoms with E-state index < -0.39 is 18.1 Å². The molecular weight excluding hydrogens is 517 g/mol. The van der Waals surface area contributed by atoms with Crippen molar-refractivity contribution in [1.82, 2.24) is 9.78 Å². The molecule has 0 saturated carbocycles. The number of carboxylic acids is 2. The van der Waals surface area contributed by atoms with Crippen LogP contribution in [0.25, 0.3) is 0 Å². The molecule has 210 valence electrons. The van der Waals surface area contributed by atoms with Crippen LogP contribution in [-0.2, 0) is 18.3 Å². The molecule has 1 amide bonds. The number of nitrogens with zero attached hydrogens (tertiary/aromatic N) is 3. The van der Waals surface area contributed by atoms with Crippen LogP contribution in [0, 0.1) is 20.8 Å². The Morgan fingerprint density at radius 1 is 1.03 bits per heavy atom. The van der Waals surface area contributed by atoms with E-state index in [0.29, 0.717) is 23.5 Å². The van der Waals surface area contributed by atoms with Crippen molar-refractivity contribution in [2.45, 2.75) is 39.8 Å². The quantitative estimate of drug-likeness (QED) is 0.362. The van der Waals surface area contributed by atoms with Crippen LogP contribution in [0.2, 0.25) is 0 Å². The van der Waals surface area contributed by atoms with Crippen LogP contribution >= 0.6 is 0 Å². The minimum Gasteiger partial charge on any atom is -0.478 e. The second kappa shape index (κ2) is 12.9. The average molecular weight is 549 g/mol. The van der Waals surface area contributed by atoms with Gasteiger partial charge in [0.25, 0.3) is 5.91 Å². The lowest BCUT2D eigenvalue weighted by atomic mass is 10.1. The van der Waals surface area contributed by atoms with E-state index in [1.807, 2.05) is 49.7 Å². The number of aryl methyl sites for hydroxylation is 3. The highest BCUT2D eigenvalue weighted by molar-refractivity contribution is 6.06. The molecule has 1 aromatic heterocycles. The number of amides is 1. The Hall–Kier alpha value is -4.35. The minimum absolute atomic E-state index is 0.156. The van der Waals surface area contributed by atoms with E-state index in [2.05, 4.69) is 17.3 Å². The highest BCUT2D eigenvalue weighted by Gasteiger charge is 2.38. The number of hydrogen-bond donors (Lipinski definition) is 3. The van der Waals surface area contributed by atoms with Crippen molar-refractivity contribution in [2.24, 2.45) is 7.05 Å². The van der Waals surface area contributed by atoms with Gasteiger partial charge in [-0.15, -0.1) is 0 Å². The Balaban J connectivity index is 0.000000673. The molecule has 0 aliphatic heterocycles. The second-order valence-electron chi connectivity index (χ2n) is 8.91. The zero-order chi connectivity index (χ0) is 29.5. The standard InChI is InChI=1S/C25H30N4O3.C2HF3O2/c1-16-9-6-7-10-20(16)24(30)26-19-12-13-23(22(15-19)25(31)32)28(4)14-8-11-21-17(2)27-29(5)18(21)3;3-2(4,5)1(6)7/h6-7,9-10,12-13,15H,8,11,14H2,1-5H3,(H,26,30)(H,31,32);(H,6,7). The molecular formula is C27H31F3N4O5. The molecule has 9 nitrogen and oxygen atoms in total. The van der Waals surface area contributed by atoms with Gasteiger partial charge in [0.1, 0.15) is 0 Å². The Bertz CT molecular complexity index is 1350. The van der Waals surface area contributed by atoms with Gasteiger partial charge in [-0.2, -0.15) is 18.3 Å². The lowest BCUT2D eigenvalue weighted by Gasteiger charge is -2.22. The molecule has 2 aromatic carbocycles. The summed E-state index contributed by atoms with van der Waals surface area (Å²) in [5, 5.41) is 24.2. The molecule has 3 N–H and O–H groups in total. The average Bonchev–Trinajstić information content (AvgIpc) is 3.09. The van der Waals surface area contributed by atoms with Crippen LogP contribution in [0.15, 0.2) is 42.5 Å². The highest BCUT2D eigenvalue weighted by atomic mass is 19.4. The van der Waals surface area contributed by atoms with Gasteiger partial charge in [0.15, 0.2) is 0 Å². The summed E-state index contributed by atoms with van der Waals surface area (Å²) in [6.45, 7) is 6.64. The monoisotopic (exact) mass is 548 g/mol. The summed E-state index contributed by atoms with van der Waals surface area (Å²) in [4.78, 5) is 35.4. The number of carbonyl (C=O) groups is 3. The summed E-state index contributed by atoms with van der Waals surface area (Å²) >= 11 is 0. The van der Waals surface area contributed by atoms with Gasteiger partial charge in [-0.05, 0) is 69.0 Å². The summed E-state index contributed by atoms with van der Waals surface area (Å²) in [5.74, 6) is -4.05. The molecule has 0 fully saturated rings. The third-order valence-corrected chi connectivity index (χ3v) is 6.11. The summed E-state index contributed by atoms with van der Waals surface area (Å²) in [6.07, 6.45) is -3.34. The van der Waals surface area contributed by atoms with Crippen molar-refractivity contribution < 1.29 is 37.8 Å². The maximum atomic E-state index is 12.6. The Kier molecular flexibility index (Phi) is 10.2. The lowest BCUT2D eigenvalue weighted by molar-refractivity contribution is -0.192. The first kappa shape index (κ1) is 30.9. The second-order valence-corrected chi connectivity index (χ2v) is 8.91. The molecule has 0 atom stereocenters. The molecule has 0 aliphatic rings. The fourth-order valence-corrected chi connectivity index (χ4v) is 3.94. The summed E-state index contributed by atoms with van der Waals surface area (Å²) in [5.41, 5.74) is 6.08. The molecule has 0 saturated heterocycles. The third-order valence-electron chi connectivity index (χ3n) is 6.11. The number of benzene rings is 2. The van der Waals surface area contributed by atoms with Gasteiger partial charge in [-0.25, -0.2) is 9.59 Å². The van der Waals surface area contributed by atoms with E-state index in [0.717, 1.165) is 29.8 Å². The number of carboxylic acid groups (broad SMARTS) is 2. The first-order chi connectivity index (χ1) is 18.1. The zero-order valence-corrected chi connectivity index (χ0v) is 22.3. The molecule has 39 heavy (non-hydrogen) atoms. The molecule has 0 spiro atoms. The van der Waals surface area contributed by atoms with Crippen LogP contribution in [0.4, 0.5) is 24.5 Å². The predicted octanol–water partition coefficient (Wildman–Crippen LogP) is 5.00. The maximum Gasteiger partial charge on any atom is 0.490 e. The fourth-order valence-electron chi connectivity index (χ4n) is 3.94. The number of halogens is 3. The summed E-state index contributed by atoms with van der Waals surface area (Å²) in [6, 6.07) is 12.3. The summed E-state index contributed by atoms with van der Waals surface area (Å²) < 4.78 is 33.6. The molecule has 0 aliphatic carbocycles. The van der Waals surface area contributed by atoms with Gasteiger partial charge in [0.05, 0.1) is 16.9 Å². The molecule has 0 unspecified atom stereocenters. The van der Waals surface area contributed by atoms with Crippen LogP contribution in [0.3, 0.4) is 0 Å². The van der Waals surface area contributed by atoms with E-state index in [4.69, 9.17) is 9.90 Å². The van der Waals surface area contributed by atoms with E-state index in [-0.39, 0.29) is 11.5 Å². The van der Waals surface area contributed by atoms with Crippen molar-refractivity contribution in [2.75, 3.05) is 23.8 Å². The number of carbonyl (C=O) groups excluding carboxylic acids is 1. The zero-order valence-electron chi connectivity index (χ0n) is 22.3. The molecule has 3 rings (SSSR count). The van der Waals surface area contributed by atoms with Gasteiger partial charge in [-0.3, -0.25) is 9.48 Å². The smallest absolute Gasteiger partial charge is 0.478 e. The molecule has 3 aromatic rings. The number of hydrogen-bond acceptors (Lipinski definition) is 5. The van der Waals surface area contributed by atoms with Crippen molar-refractivity contribution in [3.8, 4) is 0 Å². The van der Waals surface area contributed by atoms with E-state index in [9.17, 15) is 27.9 Å². The van der Waals surface area contributed by atoms with E-state index in [1.54, 1.807) is 24.3 Å². The number of rotatable bonds is 8. The minimum atomic E-state index is -5.08. The van der Waals surface area contributed by atoms with Crippen LogP contribution in [0.1, 0.15) is 49.7 Å². The van der Waals surface area contributed by atoms with Gasteiger partial charge in [0, 0.05) is 37.6 Å².